The first-order valence-electron chi connectivity index (χ1n) is 4.89. The third-order valence-electron chi connectivity index (χ3n) is 2.35. The van der Waals surface area contributed by atoms with E-state index >= 15 is 0 Å². The molecule has 1 atom stereocenters. The molecule has 2 rings (SSSR count). The third-order valence-corrected chi connectivity index (χ3v) is 4.18. The van der Waals surface area contributed by atoms with E-state index in [0.29, 0.717) is 12.0 Å². The smallest absolute Gasteiger partial charge is 0.126 e. The van der Waals surface area contributed by atoms with Crippen molar-refractivity contribution in [2.45, 2.75) is 12.5 Å². The SMILES string of the molecule is NC(Cc1ccccc1F)c1cc(Br)cs1. The molecule has 2 aromatic rings. The monoisotopic (exact) mass is 299 g/mol. The quantitative estimate of drug-likeness (QED) is 0.914. The molecular formula is C12H11BrFNS. The summed E-state index contributed by atoms with van der Waals surface area (Å²) in [6.45, 7) is 0. The highest BCUT2D eigenvalue weighted by Gasteiger charge is 2.11. The zero-order valence-electron chi connectivity index (χ0n) is 8.49. The first-order valence-corrected chi connectivity index (χ1v) is 6.57. The lowest BCUT2D eigenvalue weighted by Gasteiger charge is -2.09. The number of hydrogen-bond donors (Lipinski definition) is 1. The van der Waals surface area contributed by atoms with Crippen molar-refractivity contribution in [3.05, 3.63) is 56.4 Å². The van der Waals surface area contributed by atoms with Crippen molar-refractivity contribution in [1.82, 2.24) is 0 Å². The van der Waals surface area contributed by atoms with Crippen LogP contribution in [0.1, 0.15) is 16.5 Å². The third kappa shape index (κ3) is 2.70. The van der Waals surface area contributed by atoms with Crippen LogP contribution in [-0.2, 0) is 6.42 Å². The highest BCUT2D eigenvalue weighted by molar-refractivity contribution is 9.10. The number of rotatable bonds is 3. The minimum Gasteiger partial charge on any atom is -0.323 e. The lowest BCUT2D eigenvalue weighted by Crippen LogP contribution is -2.12. The minimum absolute atomic E-state index is 0.145. The maximum absolute atomic E-state index is 13.4. The number of halogens is 2. The standard InChI is InChI=1S/C12H11BrFNS/c13-9-6-12(16-7-9)11(15)5-8-3-1-2-4-10(8)14/h1-4,6-7,11H,5,15H2. The van der Waals surface area contributed by atoms with Crippen LogP contribution in [0.2, 0.25) is 0 Å². The molecule has 0 saturated carbocycles. The van der Waals surface area contributed by atoms with Crippen LogP contribution in [-0.4, -0.2) is 0 Å². The second-order valence-corrected chi connectivity index (χ2v) is 5.43. The molecule has 1 aromatic heterocycles. The normalized spacial score (nSPS) is 12.7. The van der Waals surface area contributed by atoms with Crippen molar-refractivity contribution in [3.63, 3.8) is 0 Å². The lowest BCUT2D eigenvalue weighted by molar-refractivity contribution is 0.595. The van der Waals surface area contributed by atoms with E-state index in [4.69, 9.17) is 5.73 Å². The van der Waals surface area contributed by atoms with Gasteiger partial charge in [-0.3, -0.25) is 0 Å². The molecule has 0 aliphatic carbocycles. The van der Waals surface area contributed by atoms with Gasteiger partial charge in [-0.2, -0.15) is 0 Å². The molecule has 84 valence electrons. The number of hydrogen-bond acceptors (Lipinski definition) is 2. The van der Waals surface area contributed by atoms with Crippen LogP contribution in [0.5, 0.6) is 0 Å². The molecule has 1 nitrogen and oxygen atoms in total. The molecule has 0 fully saturated rings. The molecule has 0 saturated heterocycles. The van der Waals surface area contributed by atoms with Gasteiger partial charge in [-0.25, -0.2) is 4.39 Å². The molecule has 4 heteroatoms. The Kier molecular flexibility index (Phi) is 3.74. The molecule has 0 aliphatic rings. The predicted octanol–water partition coefficient (Wildman–Crippen LogP) is 3.89. The van der Waals surface area contributed by atoms with E-state index < -0.39 is 0 Å². The van der Waals surface area contributed by atoms with Crippen LogP contribution in [0.25, 0.3) is 0 Å². The zero-order valence-corrected chi connectivity index (χ0v) is 10.9. The molecule has 1 aromatic carbocycles. The molecule has 0 spiro atoms. The number of thiophene rings is 1. The predicted molar refractivity (Wildman–Crippen MR) is 69.1 cm³/mol. The van der Waals surface area contributed by atoms with Gasteiger partial charge >= 0.3 is 0 Å². The fourth-order valence-electron chi connectivity index (χ4n) is 1.52. The maximum atomic E-state index is 13.4. The second-order valence-electron chi connectivity index (χ2n) is 3.57. The van der Waals surface area contributed by atoms with Crippen LogP contribution >= 0.6 is 27.3 Å². The topological polar surface area (TPSA) is 26.0 Å². The summed E-state index contributed by atoms with van der Waals surface area (Å²) < 4.78 is 14.4. The second kappa shape index (κ2) is 5.08. The summed E-state index contributed by atoms with van der Waals surface area (Å²) >= 11 is 4.97. The molecule has 0 aliphatic heterocycles. The van der Waals surface area contributed by atoms with Crippen molar-refractivity contribution in [2.24, 2.45) is 5.73 Å². The summed E-state index contributed by atoms with van der Waals surface area (Å²) in [4.78, 5) is 1.06. The molecule has 0 bridgehead atoms. The van der Waals surface area contributed by atoms with Gasteiger partial charge in [-0.1, -0.05) is 18.2 Å². The summed E-state index contributed by atoms with van der Waals surface area (Å²) in [5.41, 5.74) is 6.70. The molecule has 2 N–H and O–H groups in total. The Balaban J connectivity index is 2.13. The van der Waals surface area contributed by atoms with Gasteiger partial charge < -0.3 is 5.73 Å². The summed E-state index contributed by atoms with van der Waals surface area (Å²) in [5.74, 6) is -0.187. The van der Waals surface area contributed by atoms with Gasteiger partial charge in [-0.05, 0) is 40.0 Å². The van der Waals surface area contributed by atoms with Crippen molar-refractivity contribution >= 4 is 27.3 Å². The average molecular weight is 300 g/mol. The fourth-order valence-corrected chi connectivity index (χ4v) is 2.97. The Morgan fingerprint density at radius 1 is 1.38 bits per heavy atom. The Bertz CT molecular complexity index is 483. The fraction of sp³-hybridized carbons (Fsp3) is 0.167. The lowest BCUT2D eigenvalue weighted by atomic mass is 10.1. The van der Waals surface area contributed by atoms with Gasteiger partial charge in [0.15, 0.2) is 0 Å². The summed E-state index contributed by atoms with van der Waals surface area (Å²) in [7, 11) is 0. The molecular weight excluding hydrogens is 289 g/mol. The van der Waals surface area contributed by atoms with Crippen molar-refractivity contribution in [1.29, 1.82) is 0 Å². The molecule has 1 unspecified atom stereocenters. The first-order chi connectivity index (χ1) is 7.66. The van der Waals surface area contributed by atoms with Gasteiger partial charge in [0.2, 0.25) is 0 Å². The van der Waals surface area contributed by atoms with Gasteiger partial charge in [0.1, 0.15) is 5.82 Å². The van der Waals surface area contributed by atoms with Crippen LogP contribution in [0.3, 0.4) is 0 Å². The van der Waals surface area contributed by atoms with E-state index in [1.165, 1.54) is 6.07 Å². The average Bonchev–Trinajstić information content (AvgIpc) is 2.68. The van der Waals surface area contributed by atoms with E-state index in [2.05, 4.69) is 15.9 Å². The Hall–Kier alpha value is -0.710. The largest absolute Gasteiger partial charge is 0.323 e. The number of benzene rings is 1. The minimum atomic E-state index is -0.187. The summed E-state index contributed by atoms with van der Waals surface area (Å²) in [6.07, 6.45) is 0.527. The van der Waals surface area contributed by atoms with Crippen molar-refractivity contribution < 1.29 is 4.39 Å². The van der Waals surface area contributed by atoms with E-state index in [0.717, 1.165) is 9.35 Å². The Labute approximate surface area is 106 Å². The molecule has 0 radical (unpaired) electrons. The summed E-state index contributed by atoms with van der Waals surface area (Å²) in [5, 5.41) is 1.98. The Morgan fingerprint density at radius 3 is 2.75 bits per heavy atom. The van der Waals surface area contributed by atoms with Gasteiger partial charge in [0, 0.05) is 20.8 Å². The van der Waals surface area contributed by atoms with Crippen molar-refractivity contribution in [2.75, 3.05) is 0 Å². The molecule has 1 heterocycles. The zero-order chi connectivity index (χ0) is 11.5. The van der Waals surface area contributed by atoms with Gasteiger partial charge in [-0.15, -0.1) is 11.3 Å². The van der Waals surface area contributed by atoms with Crippen LogP contribution in [0.4, 0.5) is 4.39 Å². The van der Waals surface area contributed by atoms with E-state index in [1.807, 2.05) is 17.5 Å². The molecule has 16 heavy (non-hydrogen) atoms. The van der Waals surface area contributed by atoms with Crippen LogP contribution in [0.15, 0.2) is 40.2 Å². The number of nitrogens with two attached hydrogens (primary N) is 1. The van der Waals surface area contributed by atoms with E-state index in [1.54, 1.807) is 23.5 Å². The first kappa shape index (κ1) is 11.8. The van der Waals surface area contributed by atoms with Crippen LogP contribution in [0, 0.1) is 5.82 Å². The highest BCUT2D eigenvalue weighted by atomic mass is 79.9. The van der Waals surface area contributed by atoms with Gasteiger partial charge in [0.25, 0.3) is 0 Å². The maximum Gasteiger partial charge on any atom is 0.126 e. The van der Waals surface area contributed by atoms with Crippen LogP contribution < -0.4 is 5.73 Å². The van der Waals surface area contributed by atoms with E-state index in [-0.39, 0.29) is 11.9 Å². The Morgan fingerprint density at radius 2 is 2.12 bits per heavy atom. The highest BCUT2D eigenvalue weighted by Crippen LogP contribution is 2.26. The van der Waals surface area contributed by atoms with Crippen molar-refractivity contribution in [3.8, 4) is 0 Å². The van der Waals surface area contributed by atoms with E-state index in [9.17, 15) is 4.39 Å². The summed E-state index contributed by atoms with van der Waals surface area (Å²) in [6, 6.07) is 8.59. The van der Waals surface area contributed by atoms with Gasteiger partial charge in [0.05, 0.1) is 0 Å². The molecule has 0 amide bonds.